The summed E-state index contributed by atoms with van der Waals surface area (Å²) in [5.41, 5.74) is 0.965. The lowest BCUT2D eigenvalue weighted by molar-refractivity contribution is -0.146. The van der Waals surface area contributed by atoms with Gasteiger partial charge in [-0.2, -0.15) is 0 Å². The standard InChI is InChI=1S/C33H41NO4/c1-22-10-9-17-31(2)20-27-28(29-33(22,31)38-29)26(30(35)37-27)21-34-18-15-25(16-19-34)32(36,23-11-5-3-6-12-23)24-13-7-4-8-14-24/h3-8,11-14,22,25-29,36H,9-10,15-21H2,1-2H3/t22-,26?,27+,28+,29-,31+,33-/m0/s1. The molecule has 38 heavy (non-hydrogen) atoms. The van der Waals surface area contributed by atoms with Crippen LogP contribution in [0.3, 0.4) is 0 Å². The van der Waals surface area contributed by atoms with E-state index in [1.165, 1.54) is 19.3 Å². The fourth-order valence-electron chi connectivity index (χ4n) is 9.28. The van der Waals surface area contributed by atoms with Crippen LogP contribution in [0.1, 0.15) is 63.5 Å². The normalized spacial score (nSPS) is 39.1. The van der Waals surface area contributed by atoms with Gasteiger partial charge in [-0.1, -0.05) is 80.9 Å². The fraction of sp³-hybridized carbons (Fsp3) is 0.606. The van der Waals surface area contributed by atoms with Gasteiger partial charge in [-0.3, -0.25) is 4.79 Å². The zero-order valence-electron chi connectivity index (χ0n) is 22.7. The van der Waals surface area contributed by atoms with Crippen LogP contribution < -0.4 is 0 Å². The van der Waals surface area contributed by atoms with Crippen molar-refractivity contribution in [2.75, 3.05) is 19.6 Å². The molecule has 1 spiro atoms. The van der Waals surface area contributed by atoms with Crippen LogP contribution in [0, 0.1) is 29.1 Å². The average Bonchev–Trinajstić information content (AvgIpc) is 3.63. The molecule has 2 saturated carbocycles. The number of carbonyl (C=O) groups excluding carboxylic acids is 1. The molecule has 0 bridgehead atoms. The molecule has 5 aliphatic rings. The van der Waals surface area contributed by atoms with Gasteiger partial charge in [0, 0.05) is 17.9 Å². The number of likely N-dealkylation sites (tertiary alicyclic amines) is 1. The van der Waals surface area contributed by atoms with Crippen LogP contribution in [-0.4, -0.2) is 53.4 Å². The van der Waals surface area contributed by atoms with Crippen LogP contribution in [0.4, 0.5) is 0 Å². The average molecular weight is 516 g/mol. The van der Waals surface area contributed by atoms with Gasteiger partial charge in [0.2, 0.25) is 0 Å². The number of hydrogen-bond acceptors (Lipinski definition) is 5. The van der Waals surface area contributed by atoms with Crippen LogP contribution in [0.25, 0.3) is 0 Å². The number of carbonyl (C=O) groups is 1. The molecule has 7 rings (SSSR count). The number of ether oxygens (including phenoxy) is 2. The van der Waals surface area contributed by atoms with Crippen molar-refractivity contribution in [3.05, 3.63) is 71.8 Å². The summed E-state index contributed by atoms with van der Waals surface area (Å²) in [6.07, 6.45) is 6.53. The summed E-state index contributed by atoms with van der Waals surface area (Å²) in [5.74, 6) is 0.710. The second-order valence-electron chi connectivity index (χ2n) is 13.1. The highest BCUT2D eigenvalue weighted by Gasteiger charge is 2.78. The molecule has 1 unspecified atom stereocenters. The molecule has 0 amide bonds. The number of piperidine rings is 1. The maximum absolute atomic E-state index is 13.2. The topological polar surface area (TPSA) is 62.3 Å². The number of rotatable bonds is 5. The number of fused-ring (bicyclic) bond motifs is 2. The number of nitrogens with zero attached hydrogens (tertiary/aromatic N) is 1. The minimum atomic E-state index is -1.02. The van der Waals surface area contributed by atoms with Crippen molar-refractivity contribution >= 4 is 5.97 Å². The minimum absolute atomic E-state index is 0.00205. The highest BCUT2D eigenvalue weighted by Crippen LogP contribution is 2.70. The number of esters is 1. The molecule has 7 atom stereocenters. The van der Waals surface area contributed by atoms with Crippen molar-refractivity contribution in [1.29, 1.82) is 0 Å². The van der Waals surface area contributed by atoms with Crippen LogP contribution >= 0.6 is 0 Å². The predicted octanol–water partition coefficient (Wildman–Crippen LogP) is 5.16. The van der Waals surface area contributed by atoms with Gasteiger partial charge in [-0.05, 0) is 68.2 Å². The van der Waals surface area contributed by atoms with Crippen molar-refractivity contribution in [2.24, 2.45) is 29.1 Å². The van der Waals surface area contributed by atoms with Gasteiger partial charge in [0.15, 0.2) is 0 Å². The molecule has 5 heteroatoms. The Bertz CT molecular complexity index is 1140. The van der Waals surface area contributed by atoms with E-state index in [0.717, 1.165) is 50.0 Å². The Hall–Kier alpha value is -2.21. The van der Waals surface area contributed by atoms with E-state index in [4.69, 9.17) is 9.47 Å². The van der Waals surface area contributed by atoms with Gasteiger partial charge < -0.3 is 19.5 Å². The van der Waals surface area contributed by atoms with E-state index in [2.05, 4.69) is 18.7 Å². The SMILES string of the molecule is C[C@H]1CCC[C@]2(C)C[C@H]3OC(=O)C(CN4CCC(C(O)(c5ccccc5)c5ccccc5)CC4)[C@H]3[C@@H]3O[C@@]132. The van der Waals surface area contributed by atoms with E-state index in [1.807, 2.05) is 60.7 Å². The largest absolute Gasteiger partial charge is 0.462 e. The molecule has 202 valence electrons. The van der Waals surface area contributed by atoms with Gasteiger partial charge in [-0.15, -0.1) is 0 Å². The number of hydrogen-bond donors (Lipinski definition) is 1. The summed E-state index contributed by atoms with van der Waals surface area (Å²) < 4.78 is 12.7. The summed E-state index contributed by atoms with van der Waals surface area (Å²) in [4.78, 5) is 15.7. The quantitative estimate of drug-likeness (QED) is 0.440. The summed E-state index contributed by atoms with van der Waals surface area (Å²) in [5, 5.41) is 12.2. The molecule has 0 aromatic heterocycles. The Morgan fingerprint density at radius 2 is 1.63 bits per heavy atom. The summed E-state index contributed by atoms with van der Waals surface area (Å²) in [7, 11) is 0. The van der Waals surface area contributed by atoms with Crippen molar-refractivity contribution < 1.29 is 19.4 Å². The first-order chi connectivity index (χ1) is 18.4. The molecule has 3 aliphatic heterocycles. The Morgan fingerprint density at radius 3 is 2.26 bits per heavy atom. The lowest BCUT2D eigenvalue weighted by Gasteiger charge is -2.49. The summed E-state index contributed by atoms with van der Waals surface area (Å²) in [6, 6.07) is 20.2. The molecule has 0 radical (unpaired) electrons. The van der Waals surface area contributed by atoms with E-state index in [0.29, 0.717) is 5.92 Å². The van der Waals surface area contributed by atoms with Crippen LogP contribution in [0.5, 0.6) is 0 Å². The Morgan fingerprint density at radius 1 is 1.00 bits per heavy atom. The lowest BCUT2D eigenvalue weighted by Crippen LogP contribution is -2.55. The second-order valence-corrected chi connectivity index (χ2v) is 13.1. The third-order valence-corrected chi connectivity index (χ3v) is 11.3. The van der Waals surface area contributed by atoms with Crippen molar-refractivity contribution in [2.45, 2.75) is 75.8 Å². The molecule has 5 nitrogen and oxygen atoms in total. The highest BCUT2D eigenvalue weighted by atomic mass is 16.6. The zero-order valence-corrected chi connectivity index (χ0v) is 22.7. The number of aliphatic hydroxyl groups is 1. The first kappa shape index (κ1) is 24.8. The fourth-order valence-corrected chi connectivity index (χ4v) is 9.28. The van der Waals surface area contributed by atoms with Crippen molar-refractivity contribution in [3.8, 4) is 0 Å². The molecule has 3 saturated heterocycles. The molecule has 2 aromatic carbocycles. The van der Waals surface area contributed by atoms with E-state index in [9.17, 15) is 9.90 Å². The Labute approximate surface area is 226 Å². The van der Waals surface area contributed by atoms with E-state index >= 15 is 0 Å². The highest BCUT2D eigenvalue weighted by molar-refractivity contribution is 5.76. The lowest BCUT2D eigenvalue weighted by atomic mass is 9.53. The molecule has 1 N–H and O–H groups in total. The van der Waals surface area contributed by atoms with Gasteiger partial charge in [-0.25, -0.2) is 0 Å². The zero-order chi connectivity index (χ0) is 26.1. The molecule has 3 heterocycles. The predicted molar refractivity (Wildman–Crippen MR) is 145 cm³/mol. The first-order valence-electron chi connectivity index (χ1n) is 14.8. The third-order valence-electron chi connectivity index (χ3n) is 11.3. The van der Waals surface area contributed by atoms with E-state index < -0.39 is 5.60 Å². The van der Waals surface area contributed by atoms with E-state index in [1.54, 1.807) is 0 Å². The minimum Gasteiger partial charge on any atom is -0.462 e. The second kappa shape index (κ2) is 8.90. The van der Waals surface area contributed by atoms with Crippen LogP contribution in [0.15, 0.2) is 60.7 Å². The maximum Gasteiger partial charge on any atom is 0.311 e. The molecule has 5 fully saturated rings. The molecular weight excluding hydrogens is 474 g/mol. The van der Waals surface area contributed by atoms with Gasteiger partial charge in [0.05, 0.1) is 12.0 Å². The first-order valence-corrected chi connectivity index (χ1v) is 14.8. The summed E-state index contributed by atoms with van der Waals surface area (Å²) >= 11 is 0. The molecule has 2 aliphatic carbocycles. The molecule has 2 aromatic rings. The van der Waals surface area contributed by atoms with Gasteiger partial charge in [0.1, 0.15) is 17.3 Å². The molecular formula is C33H41NO4. The summed E-state index contributed by atoms with van der Waals surface area (Å²) in [6.45, 7) is 7.22. The smallest absolute Gasteiger partial charge is 0.311 e. The van der Waals surface area contributed by atoms with Crippen molar-refractivity contribution in [1.82, 2.24) is 4.90 Å². The van der Waals surface area contributed by atoms with Crippen LogP contribution in [0.2, 0.25) is 0 Å². The Kier molecular flexibility index (Phi) is 5.81. The van der Waals surface area contributed by atoms with Gasteiger partial charge >= 0.3 is 5.97 Å². The maximum atomic E-state index is 13.2. The number of epoxide rings is 1. The number of benzene rings is 2. The van der Waals surface area contributed by atoms with Gasteiger partial charge in [0.25, 0.3) is 0 Å². The third kappa shape index (κ3) is 3.51. The van der Waals surface area contributed by atoms with E-state index in [-0.39, 0.29) is 46.9 Å². The van der Waals surface area contributed by atoms with Crippen LogP contribution in [-0.2, 0) is 19.9 Å². The monoisotopic (exact) mass is 515 g/mol. The van der Waals surface area contributed by atoms with Crippen molar-refractivity contribution in [3.63, 3.8) is 0 Å². The Balaban J connectivity index is 1.07.